The summed E-state index contributed by atoms with van der Waals surface area (Å²) in [7, 11) is 0. The second-order valence-corrected chi connectivity index (χ2v) is 7.61. The second-order valence-electron chi connectivity index (χ2n) is 7.61. The molecule has 0 aliphatic carbocycles. The summed E-state index contributed by atoms with van der Waals surface area (Å²) in [5, 5.41) is 8.86. The van der Waals surface area contributed by atoms with Crippen molar-refractivity contribution in [3.8, 4) is 0 Å². The third-order valence-corrected chi connectivity index (χ3v) is 5.47. The summed E-state index contributed by atoms with van der Waals surface area (Å²) in [5.74, 6) is -0.381. The number of pyridine rings is 2. The molecule has 0 radical (unpaired) electrons. The van der Waals surface area contributed by atoms with Gasteiger partial charge in [-0.25, -0.2) is 0 Å². The van der Waals surface area contributed by atoms with Crippen molar-refractivity contribution in [3.63, 3.8) is 0 Å². The smallest absolute Gasteiger partial charge is 0.255 e. The molecule has 5 aromatic rings. The molecule has 0 fully saturated rings. The molecule has 0 aliphatic rings. The Morgan fingerprint density at radius 3 is 2.33 bits per heavy atom. The van der Waals surface area contributed by atoms with Crippen LogP contribution in [0.25, 0.3) is 21.7 Å². The first-order valence-electron chi connectivity index (χ1n) is 10.5. The maximum atomic E-state index is 13.0. The molecule has 0 atom stereocenters. The molecular formula is C27H20N4O2. The highest BCUT2D eigenvalue weighted by Crippen LogP contribution is 2.27. The lowest BCUT2D eigenvalue weighted by atomic mass is 10.0. The van der Waals surface area contributed by atoms with Gasteiger partial charge in [0.25, 0.3) is 11.8 Å². The fraction of sp³-hybridized carbons (Fsp3) is 0.0370. The molecular weight excluding hydrogens is 412 g/mol. The minimum Gasteiger partial charge on any atom is -0.348 e. The van der Waals surface area contributed by atoms with Crippen LogP contribution < -0.4 is 10.6 Å². The molecule has 0 saturated heterocycles. The van der Waals surface area contributed by atoms with Gasteiger partial charge < -0.3 is 10.6 Å². The standard InChI is InChI=1S/C27H20N4O2/c32-26(19-11-14-28-15-12-19)31-21-9-7-18(8-10-21)17-30-27(33)24-16-20-4-1-2-5-22(20)23-6-3-13-29-25(23)24/h1-16H,17H2,(H,30,33)(H,31,32). The molecule has 0 unspecified atom stereocenters. The summed E-state index contributed by atoms with van der Waals surface area (Å²) < 4.78 is 0. The molecule has 3 aromatic carbocycles. The van der Waals surface area contributed by atoms with Crippen LogP contribution in [0.5, 0.6) is 0 Å². The molecule has 33 heavy (non-hydrogen) atoms. The van der Waals surface area contributed by atoms with Crippen LogP contribution in [0.3, 0.4) is 0 Å². The number of anilines is 1. The van der Waals surface area contributed by atoms with Crippen molar-refractivity contribution in [2.75, 3.05) is 5.32 Å². The van der Waals surface area contributed by atoms with Crippen molar-refractivity contribution in [1.29, 1.82) is 0 Å². The van der Waals surface area contributed by atoms with Crippen LogP contribution in [0.4, 0.5) is 5.69 Å². The average molecular weight is 432 g/mol. The van der Waals surface area contributed by atoms with Gasteiger partial charge in [-0.1, -0.05) is 42.5 Å². The molecule has 2 N–H and O–H groups in total. The third-order valence-electron chi connectivity index (χ3n) is 5.47. The molecule has 0 aliphatic heterocycles. The number of nitrogens with zero attached hydrogens (tertiary/aromatic N) is 2. The SMILES string of the molecule is O=C(Nc1ccc(CNC(=O)c2cc3ccccc3c3cccnc23)cc1)c1ccncc1. The van der Waals surface area contributed by atoms with Gasteiger partial charge in [-0.3, -0.25) is 19.6 Å². The van der Waals surface area contributed by atoms with Crippen LogP contribution in [-0.2, 0) is 6.54 Å². The maximum Gasteiger partial charge on any atom is 0.255 e. The maximum absolute atomic E-state index is 13.0. The van der Waals surface area contributed by atoms with Crippen LogP contribution in [-0.4, -0.2) is 21.8 Å². The number of carbonyl (C=O) groups excluding carboxylic acids is 2. The lowest BCUT2D eigenvalue weighted by molar-refractivity contribution is 0.0951. The molecule has 160 valence electrons. The van der Waals surface area contributed by atoms with E-state index in [4.69, 9.17) is 0 Å². The topological polar surface area (TPSA) is 84.0 Å². The Morgan fingerprint density at radius 2 is 1.52 bits per heavy atom. The highest BCUT2D eigenvalue weighted by atomic mass is 16.2. The molecule has 5 rings (SSSR count). The predicted molar refractivity (Wildman–Crippen MR) is 129 cm³/mol. The van der Waals surface area contributed by atoms with E-state index in [-0.39, 0.29) is 11.8 Å². The van der Waals surface area contributed by atoms with Crippen LogP contribution in [0.15, 0.2) is 97.5 Å². The summed E-state index contributed by atoms with van der Waals surface area (Å²) >= 11 is 0. The van der Waals surface area contributed by atoms with Gasteiger partial charge in [0.05, 0.1) is 11.1 Å². The number of hydrogen-bond donors (Lipinski definition) is 2. The number of benzene rings is 3. The lowest BCUT2D eigenvalue weighted by Crippen LogP contribution is -2.23. The summed E-state index contributed by atoms with van der Waals surface area (Å²) in [4.78, 5) is 33.7. The van der Waals surface area contributed by atoms with Gasteiger partial charge in [-0.05, 0) is 52.7 Å². The minimum absolute atomic E-state index is 0.181. The Balaban J connectivity index is 1.30. The first kappa shape index (κ1) is 20.3. The van der Waals surface area contributed by atoms with Gasteiger partial charge in [0, 0.05) is 41.8 Å². The quantitative estimate of drug-likeness (QED) is 0.384. The van der Waals surface area contributed by atoms with Gasteiger partial charge in [0.2, 0.25) is 0 Å². The Labute approximate surface area is 190 Å². The first-order valence-corrected chi connectivity index (χ1v) is 10.5. The van der Waals surface area contributed by atoms with Gasteiger partial charge in [-0.15, -0.1) is 0 Å². The van der Waals surface area contributed by atoms with Crippen molar-refractivity contribution in [1.82, 2.24) is 15.3 Å². The molecule has 0 saturated carbocycles. The lowest BCUT2D eigenvalue weighted by Gasteiger charge is -2.11. The normalized spacial score (nSPS) is 10.8. The summed E-state index contributed by atoms with van der Waals surface area (Å²) in [6, 6.07) is 24.4. The van der Waals surface area contributed by atoms with E-state index in [2.05, 4.69) is 20.6 Å². The van der Waals surface area contributed by atoms with Crippen LogP contribution >= 0.6 is 0 Å². The number of fused-ring (bicyclic) bond motifs is 3. The van der Waals surface area contributed by atoms with E-state index in [0.29, 0.717) is 28.9 Å². The molecule has 0 bridgehead atoms. The number of rotatable bonds is 5. The highest BCUT2D eigenvalue weighted by molar-refractivity contribution is 6.15. The Hall–Kier alpha value is -4.58. The summed E-state index contributed by atoms with van der Waals surface area (Å²) in [5.41, 5.74) is 3.37. The second kappa shape index (κ2) is 8.88. The van der Waals surface area contributed by atoms with E-state index in [1.54, 1.807) is 30.7 Å². The molecule has 6 heteroatoms. The van der Waals surface area contributed by atoms with Crippen LogP contribution in [0.2, 0.25) is 0 Å². The van der Waals surface area contributed by atoms with Gasteiger partial charge in [-0.2, -0.15) is 0 Å². The van der Waals surface area contributed by atoms with Crippen LogP contribution in [0, 0.1) is 0 Å². The largest absolute Gasteiger partial charge is 0.348 e. The zero-order chi connectivity index (χ0) is 22.6. The fourth-order valence-electron chi connectivity index (χ4n) is 3.79. The van der Waals surface area contributed by atoms with E-state index in [1.165, 1.54) is 0 Å². The summed E-state index contributed by atoms with van der Waals surface area (Å²) in [6.07, 6.45) is 4.86. The average Bonchev–Trinajstić information content (AvgIpc) is 2.88. The number of hydrogen-bond acceptors (Lipinski definition) is 4. The van der Waals surface area contributed by atoms with Crippen LogP contribution in [0.1, 0.15) is 26.3 Å². The third kappa shape index (κ3) is 4.27. The molecule has 2 aromatic heterocycles. The first-order chi connectivity index (χ1) is 16.2. The fourth-order valence-corrected chi connectivity index (χ4v) is 3.79. The van der Waals surface area contributed by atoms with Gasteiger partial charge in [0.15, 0.2) is 0 Å². The van der Waals surface area contributed by atoms with Crippen molar-refractivity contribution < 1.29 is 9.59 Å². The zero-order valence-electron chi connectivity index (χ0n) is 17.7. The van der Waals surface area contributed by atoms with Gasteiger partial charge >= 0.3 is 0 Å². The zero-order valence-corrected chi connectivity index (χ0v) is 17.7. The van der Waals surface area contributed by atoms with E-state index >= 15 is 0 Å². The minimum atomic E-state index is -0.200. The van der Waals surface area contributed by atoms with E-state index in [9.17, 15) is 9.59 Å². The summed E-state index contributed by atoms with van der Waals surface area (Å²) in [6.45, 7) is 0.360. The van der Waals surface area contributed by atoms with E-state index in [0.717, 1.165) is 21.7 Å². The Kier molecular flexibility index (Phi) is 5.47. The molecule has 6 nitrogen and oxygen atoms in total. The van der Waals surface area contributed by atoms with Crippen molar-refractivity contribution in [2.24, 2.45) is 0 Å². The Morgan fingerprint density at radius 1 is 0.758 bits per heavy atom. The van der Waals surface area contributed by atoms with Crippen molar-refractivity contribution >= 4 is 39.2 Å². The number of nitrogens with one attached hydrogen (secondary N) is 2. The number of aromatic nitrogens is 2. The van der Waals surface area contributed by atoms with Crippen molar-refractivity contribution in [3.05, 3.63) is 114 Å². The van der Waals surface area contributed by atoms with E-state index in [1.807, 2.05) is 66.7 Å². The number of carbonyl (C=O) groups is 2. The van der Waals surface area contributed by atoms with E-state index < -0.39 is 0 Å². The highest BCUT2D eigenvalue weighted by Gasteiger charge is 2.14. The Bertz CT molecular complexity index is 1460. The predicted octanol–water partition coefficient (Wildman–Crippen LogP) is 4.97. The molecule has 0 spiro atoms. The van der Waals surface area contributed by atoms with Crippen molar-refractivity contribution in [2.45, 2.75) is 6.54 Å². The molecule has 2 heterocycles. The monoisotopic (exact) mass is 432 g/mol. The number of amides is 2. The van der Waals surface area contributed by atoms with Gasteiger partial charge in [0.1, 0.15) is 0 Å². The molecule has 2 amide bonds.